The summed E-state index contributed by atoms with van der Waals surface area (Å²) in [6.45, 7) is 1.96. The number of hydrogen-bond acceptors (Lipinski definition) is 6. The van der Waals surface area contributed by atoms with Crippen LogP contribution in [-0.2, 0) is 5.72 Å². The molecule has 0 radical (unpaired) electrons. The molecule has 172 valence electrons. The maximum Gasteiger partial charge on any atom is 0.573 e. The quantitative estimate of drug-likeness (QED) is 0.595. The number of halogens is 3. The van der Waals surface area contributed by atoms with Crippen molar-refractivity contribution < 1.29 is 23.0 Å². The first kappa shape index (κ1) is 23.0. The van der Waals surface area contributed by atoms with Crippen molar-refractivity contribution in [3.63, 3.8) is 0 Å². The molecule has 0 aliphatic carbocycles. The summed E-state index contributed by atoms with van der Waals surface area (Å²) in [6, 6.07) is 22.1. The summed E-state index contributed by atoms with van der Waals surface area (Å²) in [5, 5.41) is 30.3. The first-order valence-electron chi connectivity index (χ1n) is 10.3. The number of anilines is 2. The second kappa shape index (κ2) is 8.62. The van der Waals surface area contributed by atoms with Gasteiger partial charge in [-0.25, -0.2) is 0 Å². The molecule has 3 aromatic carbocycles. The van der Waals surface area contributed by atoms with Crippen LogP contribution in [0.15, 0.2) is 72.8 Å². The van der Waals surface area contributed by atoms with Crippen molar-refractivity contribution >= 4 is 11.4 Å². The molecule has 1 fully saturated rings. The molecule has 0 bridgehead atoms. The van der Waals surface area contributed by atoms with Gasteiger partial charge in [-0.05, 0) is 67.6 Å². The van der Waals surface area contributed by atoms with Crippen LogP contribution >= 0.6 is 0 Å². The molecule has 0 spiro atoms. The summed E-state index contributed by atoms with van der Waals surface area (Å²) in [4.78, 5) is 3.54. The maximum absolute atomic E-state index is 12.8. The first-order valence-corrected chi connectivity index (χ1v) is 10.3. The molecule has 6 nitrogen and oxygen atoms in total. The second-order valence-electron chi connectivity index (χ2n) is 7.83. The van der Waals surface area contributed by atoms with Gasteiger partial charge >= 0.3 is 6.36 Å². The predicted molar refractivity (Wildman–Crippen MR) is 119 cm³/mol. The maximum atomic E-state index is 12.8. The fourth-order valence-electron chi connectivity index (χ4n) is 4.17. The van der Waals surface area contributed by atoms with E-state index >= 15 is 0 Å². The Balaban J connectivity index is 1.81. The molecule has 34 heavy (non-hydrogen) atoms. The Bertz CT molecular complexity index is 1260. The molecule has 1 saturated heterocycles. The van der Waals surface area contributed by atoms with E-state index in [4.69, 9.17) is 10.5 Å². The number of rotatable bonds is 4. The SMILES string of the molecule is C[C@H]1N(c2ccc(C#N)cc2)CN(c2ccc(C#N)cc2)C1(O)c1cccc(OC(F)(F)F)c1. The highest BCUT2D eigenvalue weighted by Crippen LogP contribution is 2.44. The van der Waals surface area contributed by atoms with E-state index in [9.17, 15) is 18.3 Å². The van der Waals surface area contributed by atoms with Crippen LogP contribution in [-0.4, -0.2) is 24.2 Å². The normalized spacial score (nSPS) is 20.0. The standard InChI is InChI=1S/C25H19F3N4O2/c1-17-24(33,20-3-2-4-23(13-20)34-25(26,27)28)32(22-11-7-19(15-30)8-12-22)16-31(17)21-9-5-18(14-29)6-10-21/h2-13,17,33H,16H2,1H3/t17-,24?/m1/s1. The van der Waals surface area contributed by atoms with Crippen molar-refractivity contribution in [2.75, 3.05) is 16.5 Å². The van der Waals surface area contributed by atoms with Crippen LogP contribution in [0, 0.1) is 22.7 Å². The molecule has 2 atom stereocenters. The molecular weight excluding hydrogens is 445 g/mol. The van der Waals surface area contributed by atoms with Crippen LogP contribution in [0.5, 0.6) is 5.75 Å². The number of nitriles is 2. The number of nitrogens with zero attached hydrogens (tertiary/aromatic N) is 4. The minimum atomic E-state index is -4.87. The lowest BCUT2D eigenvalue weighted by Crippen LogP contribution is -2.48. The van der Waals surface area contributed by atoms with Crippen LogP contribution in [0.2, 0.25) is 0 Å². The third-order valence-corrected chi connectivity index (χ3v) is 5.88. The molecule has 9 heteroatoms. The fourth-order valence-corrected chi connectivity index (χ4v) is 4.17. The van der Waals surface area contributed by atoms with Crippen molar-refractivity contribution in [2.45, 2.75) is 25.1 Å². The zero-order chi connectivity index (χ0) is 24.5. The molecule has 1 heterocycles. The minimum Gasteiger partial charge on any atom is -0.406 e. The zero-order valence-electron chi connectivity index (χ0n) is 18.0. The lowest BCUT2D eigenvalue weighted by molar-refractivity contribution is -0.274. The van der Waals surface area contributed by atoms with Gasteiger partial charge in [0.05, 0.1) is 36.0 Å². The van der Waals surface area contributed by atoms with E-state index in [2.05, 4.69) is 10.8 Å². The molecule has 0 aromatic heterocycles. The number of aliphatic hydroxyl groups is 1. The molecule has 4 rings (SSSR count). The average molecular weight is 464 g/mol. The highest BCUT2D eigenvalue weighted by atomic mass is 19.4. The van der Waals surface area contributed by atoms with E-state index in [0.29, 0.717) is 16.8 Å². The van der Waals surface area contributed by atoms with Gasteiger partial charge < -0.3 is 19.6 Å². The van der Waals surface area contributed by atoms with E-state index in [1.807, 2.05) is 11.0 Å². The van der Waals surface area contributed by atoms with Gasteiger partial charge in [-0.1, -0.05) is 12.1 Å². The van der Waals surface area contributed by atoms with Gasteiger partial charge in [0.15, 0.2) is 5.72 Å². The van der Waals surface area contributed by atoms with Gasteiger partial charge in [-0.3, -0.25) is 0 Å². The Morgan fingerprint density at radius 1 is 0.941 bits per heavy atom. The highest BCUT2D eigenvalue weighted by Gasteiger charge is 2.51. The first-order chi connectivity index (χ1) is 16.2. The number of alkyl halides is 3. The second-order valence-corrected chi connectivity index (χ2v) is 7.83. The van der Waals surface area contributed by atoms with Crippen LogP contribution in [0.1, 0.15) is 23.6 Å². The topological polar surface area (TPSA) is 83.5 Å². The smallest absolute Gasteiger partial charge is 0.406 e. The largest absolute Gasteiger partial charge is 0.573 e. The monoisotopic (exact) mass is 464 g/mol. The van der Waals surface area contributed by atoms with Crippen molar-refractivity contribution in [3.05, 3.63) is 89.5 Å². The number of hydrogen-bond donors (Lipinski definition) is 1. The van der Waals surface area contributed by atoms with Crippen molar-refractivity contribution in [2.24, 2.45) is 0 Å². The van der Waals surface area contributed by atoms with Crippen molar-refractivity contribution in [3.8, 4) is 17.9 Å². The lowest BCUT2D eigenvalue weighted by Gasteiger charge is -2.37. The summed E-state index contributed by atoms with van der Waals surface area (Å²) < 4.78 is 42.6. The molecular formula is C25H19F3N4O2. The van der Waals surface area contributed by atoms with E-state index in [0.717, 1.165) is 5.69 Å². The highest BCUT2D eigenvalue weighted by molar-refractivity contribution is 5.62. The van der Waals surface area contributed by atoms with E-state index < -0.39 is 23.9 Å². The average Bonchev–Trinajstić information content (AvgIpc) is 3.10. The Morgan fingerprint density at radius 2 is 1.50 bits per heavy atom. The third-order valence-electron chi connectivity index (χ3n) is 5.88. The van der Waals surface area contributed by atoms with Gasteiger partial charge in [-0.15, -0.1) is 13.2 Å². The Kier molecular flexibility index (Phi) is 5.82. The van der Waals surface area contributed by atoms with Crippen LogP contribution < -0.4 is 14.5 Å². The van der Waals surface area contributed by atoms with Crippen LogP contribution in [0.3, 0.4) is 0 Å². The van der Waals surface area contributed by atoms with Crippen LogP contribution in [0.4, 0.5) is 24.5 Å². The fraction of sp³-hybridized carbons (Fsp3) is 0.200. The summed E-state index contributed by atoms with van der Waals surface area (Å²) in [6.07, 6.45) is -4.87. The summed E-state index contributed by atoms with van der Waals surface area (Å²) in [5.74, 6) is -0.442. The Morgan fingerprint density at radius 3 is 2.03 bits per heavy atom. The predicted octanol–water partition coefficient (Wildman–Crippen LogP) is 4.85. The van der Waals surface area contributed by atoms with Gasteiger partial charge in [-0.2, -0.15) is 10.5 Å². The molecule has 1 N–H and O–H groups in total. The van der Waals surface area contributed by atoms with Crippen molar-refractivity contribution in [1.82, 2.24) is 0 Å². The molecule has 1 unspecified atom stereocenters. The Hall–Kier alpha value is -4.21. The summed E-state index contributed by atoms with van der Waals surface area (Å²) in [5.41, 5.74) is 0.682. The molecule has 0 saturated carbocycles. The molecule has 3 aromatic rings. The number of ether oxygens (including phenoxy) is 1. The van der Waals surface area contributed by atoms with Gasteiger partial charge in [0, 0.05) is 16.9 Å². The lowest BCUT2D eigenvalue weighted by atomic mass is 9.94. The van der Waals surface area contributed by atoms with E-state index in [-0.39, 0.29) is 12.2 Å². The van der Waals surface area contributed by atoms with Gasteiger partial charge in [0.25, 0.3) is 0 Å². The minimum absolute atomic E-state index is 0.194. The summed E-state index contributed by atoms with van der Waals surface area (Å²) in [7, 11) is 0. The van der Waals surface area contributed by atoms with E-state index in [1.54, 1.807) is 66.4 Å². The van der Waals surface area contributed by atoms with Gasteiger partial charge in [0.2, 0.25) is 0 Å². The zero-order valence-corrected chi connectivity index (χ0v) is 18.0. The Labute approximate surface area is 194 Å². The van der Waals surface area contributed by atoms with Crippen molar-refractivity contribution in [1.29, 1.82) is 10.5 Å². The van der Waals surface area contributed by atoms with Crippen LogP contribution in [0.25, 0.3) is 0 Å². The van der Waals surface area contributed by atoms with E-state index in [1.165, 1.54) is 18.2 Å². The molecule has 1 aliphatic heterocycles. The summed E-state index contributed by atoms with van der Waals surface area (Å²) >= 11 is 0. The number of benzene rings is 3. The van der Waals surface area contributed by atoms with Gasteiger partial charge in [0.1, 0.15) is 5.75 Å². The third kappa shape index (κ3) is 4.21. The molecule has 1 aliphatic rings. The molecule has 0 amide bonds.